The van der Waals surface area contributed by atoms with Gasteiger partial charge in [0.2, 0.25) is 0 Å². The van der Waals surface area contributed by atoms with Crippen molar-refractivity contribution >= 4 is 39.3 Å². The minimum absolute atomic E-state index is 0.00495. The number of carbonyl (C=O) groups is 1. The molecular formula is C36H55N5O5Si2. The van der Waals surface area contributed by atoms with Gasteiger partial charge in [0.25, 0.3) is 0 Å². The highest BCUT2D eigenvalue weighted by Crippen LogP contribution is 2.50. The molecule has 0 amide bonds. The number of aromatic nitrogens is 4. The number of nitrogens with zero attached hydrogens (tertiary/aromatic N) is 5. The SMILES string of the molecule is C=C(OCC)c1c([C@H]2C[C@@H]3CC[C@@H](C3)C2)nc2c(-c3ccc(C(=O)O)nc3)cnn2c1N(COCC[Si](C)(C)C)COCC[Si](C)(C)C. The van der Waals surface area contributed by atoms with Crippen molar-refractivity contribution < 1.29 is 24.1 Å². The molecule has 2 aliphatic carbocycles. The number of pyridine rings is 1. The van der Waals surface area contributed by atoms with E-state index in [2.05, 4.69) is 55.7 Å². The zero-order chi connectivity index (χ0) is 34.6. The largest absolute Gasteiger partial charge is 0.494 e. The lowest BCUT2D eigenvalue weighted by molar-refractivity contribution is 0.0690. The monoisotopic (exact) mass is 693 g/mol. The van der Waals surface area contributed by atoms with E-state index >= 15 is 0 Å². The maximum atomic E-state index is 11.6. The van der Waals surface area contributed by atoms with Crippen LogP contribution in [0.25, 0.3) is 22.5 Å². The number of hydrogen-bond acceptors (Lipinski definition) is 8. The van der Waals surface area contributed by atoms with Crippen molar-refractivity contribution in [2.75, 3.05) is 38.2 Å². The lowest BCUT2D eigenvalue weighted by atomic mass is 9.78. The van der Waals surface area contributed by atoms with Crippen LogP contribution in [-0.2, 0) is 14.2 Å². The Bertz CT molecular complexity index is 1550. The van der Waals surface area contributed by atoms with Crippen LogP contribution < -0.4 is 4.90 Å². The quantitative estimate of drug-likeness (QED) is 0.0647. The third-order valence-electron chi connectivity index (χ3n) is 9.60. The molecule has 12 heteroatoms. The summed E-state index contributed by atoms with van der Waals surface area (Å²) >= 11 is 0. The van der Waals surface area contributed by atoms with Crippen molar-refractivity contribution in [3.05, 3.63) is 48.1 Å². The standard InChI is InChI=1S/C36H55N5O5Si2/c1-9-46-25(2)32-33(29-19-26-10-11-27(18-26)20-29)39-34-30(28-12-13-31(36(42)43)37-21-28)22-38-41(34)35(32)40(23-44-14-16-47(3,4)5)24-45-15-17-48(6,7)8/h12-13,21-22,26-27,29H,2,9-11,14-20,23-24H2,1,3-8H3,(H,42,43)/t26-,27+,29+. The Kier molecular flexibility index (Phi) is 11.5. The second kappa shape index (κ2) is 15.2. The van der Waals surface area contributed by atoms with Crippen LogP contribution >= 0.6 is 0 Å². The number of carboxylic acids is 1. The molecule has 3 aromatic rings. The molecule has 0 aromatic carbocycles. The molecule has 1 N–H and O–H groups in total. The van der Waals surface area contributed by atoms with Crippen molar-refractivity contribution in [2.45, 2.75) is 96.3 Å². The molecule has 2 fully saturated rings. The summed E-state index contributed by atoms with van der Waals surface area (Å²) in [4.78, 5) is 23.3. The van der Waals surface area contributed by atoms with E-state index in [9.17, 15) is 9.90 Å². The molecule has 5 rings (SSSR count). The van der Waals surface area contributed by atoms with Crippen LogP contribution in [0.15, 0.2) is 31.1 Å². The fourth-order valence-corrected chi connectivity index (χ4v) is 8.49. The van der Waals surface area contributed by atoms with Crippen molar-refractivity contribution in [1.82, 2.24) is 19.6 Å². The summed E-state index contributed by atoms with van der Waals surface area (Å²) in [5.41, 5.74) is 4.07. The van der Waals surface area contributed by atoms with Gasteiger partial charge in [0.1, 0.15) is 30.7 Å². The molecule has 0 aliphatic heterocycles. The van der Waals surface area contributed by atoms with E-state index in [4.69, 9.17) is 24.3 Å². The Morgan fingerprint density at radius 3 is 2.12 bits per heavy atom. The summed E-state index contributed by atoms with van der Waals surface area (Å²) < 4.78 is 20.9. The number of anilines is 1. The van der Waals surface area contributed by atoms with Crippen LogP contribution in [0.1, 0.15) is 66.7 Å². The third-order valence-corrected chi connectivity index (χ3v) is 13.0. The summed E-state index contributed by atoms with van der Waals surface area (Å²) in [6.07, 6.45) is 9.41. The second-order valence-corrected chi connectivity index (χ2v) is 27.3. The van der Waals surface area contributed by atoms with E-state index in [-0.39, 0.29) is 11.6 Å². The van der Waals surface area contributed by atoms with Gasteiger partial charge in [-0.1, -0.05) is 64.8 Å². The maximum Gasteiger partial charge on any atom is 0.354 e. The van der Waals surface area contributed by atoms with E-state index < -0.39 is 22.1 Å². The third kappa shape index (κ3) is 8.93. The molecule has 0 unspecified atom stereocenters. The van der Waals surface area contributed by atoms with Crippen LogP contribution in [0.3, 0.4) is 0 Å². The molecule has 48 heavy (non-hydrogen) atoms. The van der Waals surface area contributed by atoms with Gasteiger partial charge in [0.15, 0.2) is 5.65 Å². The summed E-state index contributed by atoms with van der Waals surface area (Å²) in [7, 11) is -2.61. The molecule has 2 aliphatic rings. The maximum absolute atomic E-state index is 11.6. The summed E-state index contributed by atoms with van der Waals surface area (Å²) in [6.45, 7) is 23.0. The van der Waals surface area contributed by atoms with E-state index in [1.165, 1.54) is 25.3 Å². The number of hydrogen-bond donors (Lipinski definition) is 1. The molecule has 0 radical (unpaired) electrons. The Balaban J connectivity index is 1.66. The molecule has 3 heterocycles. The fourth-order valence-electron chi connectivity index (χ4n) is 6.98. The average Bonchev–Trinajstić information content (AvgIpc) is 3.60. The van der Waals surface area contributed by atoms with Crippen molar-refractivity contribution in [3.63, 3.8) is 0 Å². The number of ether oxygens (including phenoxy) is 3. The van der Waals surface area contributed by atoms with Gasteiger partial charge in [-0.3, -0.25) is 0 Å². The molecule has 262 valence electrons. The lowest BCUT2D eigenvalue weighted by Crippen LogP contribution is -2.34. The zero-order valence-electron chi connectivity index (χ0n) is 30.1. The van der Waals surface area contributed by atoms with Crippen LogP contribution in [0.5, 0.6) is 0 Å². The van der Waals surface area contributed by atoms with E-state index in [0.29, 0.717) is 56.5 Å². The minimum atomic E-state index is -1.30. The Labute approximate surface area is 287 Å². The van der Waals surface area contributed by atoms with Crippen molar-refractivity contribution in [1.29, 1.82) is 0 Å². The van der Waals surface area contributed by atoms with Gasteiger partial charge >= 0.3 is 5.97 Å². The predicted octanol–water partition coefficient (Wildman–Crippen LogP) is 8.22. The number of aromatic carboxylic acids is 1. The Morgan fingerprint density at radius 2 is 1.60 bits per heavy atom. The number of fused-ring (bicyclic) bond motifs is 3. The normalized spacial score (nSPS) is 19.5. The first-order chi connectivity index (χ1) is 22.7. The van der Waals surface area contributed by atoms with Crippen molar-refractivity contribution in [3.8, 4) is 11.1 Å². The van der Waals surface area contributed by atoms with Gasteiger partial charge in [-0.05, 0) is 56.2 Å². The first-order valence-electron chi connectivity index (χ1n) is 17.6. The number of rotatable bonds is 17. The molecule has 2 saturated carbocycles. The van der Waals surface area contributed by atoms with Gasteiger partial charge in [-0.2, -0.15) is 9.61 Å². The van der Waals surface area contributed by atoms with Crippen LogP contribution in [0, 0.1) is 11.8 Å². The minimum Gasteiger partial charge on any atom is -0.494 e. The average molecular weight is 694 g/mol. The smallest absolute Gasteiger partial charge is 0.354 e. The Morgan fingerprint density at radius 1 is 0.979 bits per heavy atom. The van der Waals surface area contributed by atoms with Crippen LogP contribution in [0.4, 0.5) is 5.82 Å². The van der Waals surface area contributed by atoms with Gasteiger partial charge < -0.3 is 24.2 Å². The highest BCUT2D eigenvalue weighted by atomic mass is 28.3. The van der Waals surface area contributed by atoms with Crippen LogP contribution in [0.2, 0.25) is 51.4 Å². The summed E-state index contributed by atoms with van der Waals surface area (Å²) in [6, 6.07) is 5.42. The molecular weight excluding hydrogens is 639 g/mol. The predicted molar refractivity (Wildman–Crippen MR) is 197 cm³/mol. The highest BCUT2D eigenvalue weighted by Gasteiger charge is 2.38. The fraction of sp³-hybridized carbons (Fsp3) is 0.611. The van der Waals surface area contributed by atoms with E-state index in [1.54, 1.807) is 18.5 Å². The molecule has 0 spiro atoms. The van der Waals surface area contributed by atoms with Gasteiger partial charge in [-0.25, -0.2) is 14.8 Å². The van der Waals surface area contributed by atoms with Gasteiger partial charge in [0.05, 0.1) is 24.1 Å². The molecule has 2 bridgehead atoms. The van der Waals surface area contributed by atoms with Gasteiger partial charge in [-0.15, -0.1) is 0 Å². The molecule has 0 saturated heterocycles. The molecule has 3 aromatic heterocycles. The highest BCUT2D eigenvalue weighted by molar-refractivity contribution is 6.76. The Hall–Kier alpha value is -3.07. The molecule has 10 nitrogen and oxygen atoms in total. The topological polar surface area (TPSA) is 111 Å². The first-order valence-corrected chi connectivity index (χ1v) is 25.0. The summed E-state index contributed by atoms with van der Waals surface area (Å²) in [5.74, 6) is 1.97. The lowest BCUT2D eigenvalue weighted by Gasteiger charge is -2.33. The second-order valence-electron chi connectivity index (χ2n) is 16.0. The summed E-state index contributed by atoms with van der Waals surface area (Å²) in [5, 5.41) is 14.4. The van der Waals surface area contributed by atoms with E-state index in [1.807, 2.05) is 11.4 Å². The zero-order valence-corrected chi connectivity index (χ0v) is 32.1. The van der Waals surface area contributed by atoms with Gasteiger partial charge in [0, 0.05) is 52.6 Å². The molecule has 3 atom stereocenters. The van der Waals surface area contributed by atoms with Crippen LogP contribution in [-0.4, -0.2) is 80.1 Å². The van der Waals surface area contributed by atoms with E-state index in [0.717, 1.165) is 53.1 Å². The van der Waals surface area contributed by atoms with Crippen molar-refractivity contribution in [2.24, 2.45) is 11.8 Å². The first kappa shape index (κ1) is 36.2. The number of carboxylic acid groups (broad SMARTS) is 1.